The van der Waals surface area contributed by atoms with Crippen LogP contribution in [0.4, 0.5) is 5.69 Å². The summed E-state index contributed by atoms with van der Waals surface area (Å²) in [7, 11) is -4.13. The van der Waals surface area contributed by atoms with Gasteiger partial charge in [-0.05, 0) is 49.4 Å². The van der Waals surface area contributed by atoms with E-state index in [0.29, 0.717) is 22.2 Å². The second-order valence-electron chi connectivity index (χ2n) is 6.46. The zero-order chi connectivity index (χ0) is 22.6. The molecule has 0 aliphatic rings. The first-order chi connectivity index (χ1) is 14.7. The first-order valence-corrected chi connectivity index (χ1v) is 11.2. The molecule has 0 atom stereocenters. The van der Waals surface area contributed by atoms with Crippen LogP contribution in [-0.4, -0.2) is 26.1 Å². The molecule has 31 heavy (non-hydrogen) atoms. The number of carbonyl (C=O) groups excluding carboxylic acids is 1. The molecule has 0 unspecified atom stereocenters. The molecule has 0 amide bonds. The molecule has 0 aliphatic carbocycles. The van der Waals surface area contributed by atoms with Gasteiger partial charge in [0.15, 0.2) is 12.4 Å². The summed E-state index contributed by atoms with van der Waals surface area (Å²) in [5.41, 5.74) is 1.04. The molecule has 0 radical (unpaired) electrons. The number of esters is 1. The highest BCUT2D eigenvalue weighted by atomic mass is 35.5. The predicted molar refractivity (Wildman–Crippen MR) is 118 cm³/mol. The third-order valence-electron chi connectivity index (χ3n) is 4.17. The van der Waals surface area contributed by atoms with Crippen LogP contribution >= 0.6 is 23.2 Å². The normalized spacial score (nSPS) is 11.2. The van der Waals surface area contributed by atoms with Gasteiger partial charge in [-0.2, -0.15) is 0 Å². The zero-order valence-electron chi connectivity index (χ0n) is 16.4. The van der Waals surface area contributed by atoms with E-state index in [1.54, 1.807) is 37.3 Å². The lowest BCUT2D eigenvalue weighted by Crippen LogP contribution is -2.31. The van der Waals surface area contributed by atoms with Gasteiger partial charge in [-0.1, -0.05) is 34.4 Å². The van der Waals surface area contributed by atoms with Crippen molar-refractivity contribution >= 4 is 44.9 Å². The highest BCUT2D eigenvalue weighted by Crippen LogP contribution is 2.30. The lowest BCUT2D eigenvalue weighted by Gasteiger charge is -2.24. The molecule has 0 fully saturated rings. The van der Waals surface area contributed by atoms with Crippen molar-refractivity contribution in [1.29, 1.82) is 0 Å². The Balaban J connectivity index is 1.91. The lowest BCUT2D eigenvalue weighted by atomic mass is 10.2. The SMILES string of the molecule is C=CCN(c1ccc(Cl)cc1)S(=O)(=O)c1cc(C(=O)OCc2cc(C)no2)ccc1Cl. The van der Waals surface area contributed by atoms with E-state index in [1.807, 2.05) is 0 Å². The number of hydrogen-bond donors (Lipinski definition) is 0. The van der Waals surface area contributed by atoms with Crippen LogP contribution in [0.5, 0.6) is 0 Å². The Kier molecular flexibility index (Phi) is 7.04. The molecule has 1 heterocycles. The van der Waals surface area contributed by atoms with Crippen molar-refractivity contribution in [1.82, 2.24) is 5.16 Å². The summed E-state index contributed by atoms with van der Waals surface area (Å²) < 4.78 is 38.0. The minimum Gasteiger partial charge on any atom is -0.454 e. The highest BCUT2D eigenvalue weighted by molar-refractivity contribution is 7.93. The molecule has 2 aromatic carbocycles. The van der Waals surface area contributed by atoms with Crippen molar-refractivity contribution in [3.05, 3.63) is 88.2 Å². The van der Waals surface area contributed by atoms with Crippen molar-refractivity contribution in [3.63, 3.8) is 0 Å². The predicted octanol–water partition coefficient (Wildman–Crippen LogP) is 5.03. The lowest BCUT2D eigenvalue weighted by molar-refractivity contribution is 0.0437. The summed E-state index contributed by atoms with van der Waals surface area (Å²) in [5, 5.41) is 4.14. The number of hydrogen-bond acceptors (Lipinski definition) is 6. The van der Waals surface area contributed by atoms with Gasteiger partial charge in [0.1, 0.15) is 4.90 Å². The number of rotatable bonds is 8. The Morgan fingerprint density at radius 1 is 1.19 bits per heavy atom. The molecular formula is C21H18Cl2N2O5S. The van der Waals surface area contributed by atoms with Gasteiger partial charge in [0.2, 0.25) is 0 Å². The van der Waals surface area contributed by atoms with Crippen molar-refractivity contribution < 1.29 is 22.5 Å². The van der Waals surface area contributed by atoms with E-state index < -0.39 is 16.0 Å². The van der Waals surface area contributed by atoms with E-state index in [2.05, 4.69) is 11.7 Å². The summed E-state index contributed by atoms with van der Waals surface area (Å²) >= 11 is 12.1. The Morgan fingerprint density at radius 3 is 2.52 bits per heavy atom. The number of ether oxygens (including phenoxy) is 1. The minimum atomic E-state index is -4.13. The van der Waals surface area contributed by atoms with Crippen LogP contribution in [-0.2, 0) is 21.4 Å². The molecular weight excluding hydrogens is 463 g/mol. The maximum Gasteiger partial charge on any atom is 0.338 e. The smallest absolute Gasteiger partial charge is 0.338 e. The topological polar surface area (TPSA) is 89.7 Å². The molecule has 0 saturated carbocycles. The number of sulfonamides is 1. The Hall–Kier alpha value is -2.81. The number of nitrogens with zero attached hydrogens (tertiary/aromatic N) is 2. The molecule has 0 saturated heterocycles. The fraction of sp³-hybridized carbons (Fsp3) is 0.143. The van der Waals surface area contributed by atoms with Crippen LogP contribution < -0.4 is 4.31 Å². The molecule has 7 nitrogen and oxygen atoms in total. The largest absolute Gasteiger partial charge is 0.454 e. The molecule has 0 spiro atoms. The molecule has 0 N–H and O–H groups in total. The number of aromatic nitrogens is 1. The first kappa shape index (κ1) is 22.9. The number of aryl methyl sites for hydroxylation is 1. The van der Waals surface area contributed by atoms with Crippen molar-refractivity contribution in [3.8, 4) is 0 Å². The number of benzene rings is 2. The molecule has 1 aromatic heterocycles. The fourth-order valence-corrected chi connectivity index (χ4v) is 4.78. The monoisotopic (exact) mass is 480 g/mol. The van der Waals surface area contributed by atoms with Crippen LogP contribution in [0.25, 0.3) is 0 Å². The van der Waals surface area contributed by atoms with Gasteiger partial charge in [-0.3, -0.25) is 4.31 Å². The zero-order valence-corrected chi connectivity index (χ0v) is 18.7. The second kappa shape index (κ2) is 9.55. The third-order valence-corrected chi connectivity index (χ3v) is 6.69. The van der Waals surface area contributed by atoms with Gasteiger partial charge in [0.25, 0.3) is 10.0 Å². The van der Waals surface area contributed by atoms with Gasteiger partial charge >= 0.3 is 5.97 Å². The molecule has 3 aromatic rings. The maximum atomic E-state index is 13.4. The van der Waals surface area contributed by atoms with Crippen LogP contribution in [0, 0.1) is 6.92 Å². The van der Waals surface area contributed by atoms with E-state index in [1.165, 1.54) is 24.3 Å². The maximum absolute atomic E-state index is 13.4. The van der Waals surface area contributed by atoms with E-state index in [0.717, 1.165) is 4.31 Å². The van der Waals surface area contributed by atoms with E-state index >= 15 is 0 Å². The summed E-state index contributed by atoms with van der Waals surface area (Å²) in [5.74, 6) is -0.364. The average molecular weight is 481 g/mol. The van der Waals surface area contributed by atoms with E-state index in [-0.39, 0.29) is 28.6 Å². The molecule has 0 bridgehead atoms. The van der Waals surface area contributed by atoms with Crippen LogP contribution in [0.1, 0.15) is 21.8 Å². The van der Waals surface area contributed by atoms with Gasteiger partial charge in [0, 0.05) is 11.1 Å². The Bertz CT molecular complexity index is 1210. The Labute approximate surface area is 189 Å². The average Bonchev–Trinajstić information content (AvgIpc) is 3.16. The standard InChI is InChI=1S/C21H18Cl2N2O5S/c1-3-10-25(17-7-5-16(22)6-8-17)31(27,28)20-12-15(4-9-19(20)23)21(26)29-13-18-11-14(2)24-30-18/h3-9,11-12H,1,10,13H2,2H3. The van der Waals surface area contributed by atoms with Gasteiger partial charge < -0.3 is 9.26 Å². The van der Waals surface area contributed by atoms with E-state index in [9.17, 15) is 13.2 Å². The Morgan fingerprint density at radius 2 is 1.90 bits per heavy atom. The van der Waals surface area contributed by atoms with Crippen LogP contribution in [0.15, 0.2) is 70.6 Å². The van der Waals surface area contributed by atoms with Crippen LogP contribution in [0.3, 0.4) is 0 Å². The number of halogens is 2. The van der Waals surface area contributed by atoms with Gasteiger partial charge in [0.05, 0.1) is 28.5 Å². The molecule has 0 aliphatic heterocycles. The van der Waals surface area contributed by atoms with Gasteiger partial charge in [-0.15, -0.1) is 6.58 Å². The summed E-state index contributed by atoms with van der Waals surface area (Å²) in [6.45, 7) is 5.20. The van der Waals surface area contributed by atoms with Crippen molar-refractivity contribution in [2.45, 2.75) is 18.4 Å². The van der Waals surface area contributed by atoms with Crippen LogP contribution in [0.2, 0.25) is 10.0 Å². The summed E-state index contributed by atoms with van der Waals surface area (Å²) in [4.78, 5) is 12.2. The second-order valence-corrected chi connectivity index (χ2v) is 9.13. The quantitative estimate of drug-likeness (QED) is 0.331. The van der Waals surface area contributed by atoms with Gasteiger partial charge in [-0.25, -0.2) is 13.2 Å². The molecule has 3 rings (SSSR count). The summed E-state index contributed by atoms with van der Waals surface area (Å²) in [6, 6.07) is 11.8. The number of carbonyl (C=O) groups is 1. The molecule has 162 valence electrons. The number of anilines is 1. The third kappa shape index (κ3) is 5.28. The fourth-order valence-electron chi connectivity index (χ4n) is 2.72. The minimum absolute atomic E-state index is 0.0141. The first-order valence-electron chi connectivity index (χ1n) is 9.00. The summed E-state index contributed by atoms with van der Waals surface area (Å²) in [6.07, 6.45) is 1.44. The van der Waals surface area contributed by atoms with E-state index in [4.69, 9.17) is 32.5 Å². The highest BCUT2D eigenvalue weighted by Gasteiger charge is 2.28. The van der Waals surface area contributed by atoms with Crippen molar-refractivity contribution in [2.24, 2.45) is 0 Å². The van der Waals surface area contributed by atoms with Crippen molar-refractivity contribution in [2.75, 3.05) is 10.8 Å². The molecule has 10 heteroatoms.